The molecule has 1 heterocycles. The molecule has 0 saturated carbocycles. The summed E-state index contributed by atoms with van der Waals surface area (Å²) < 4.78 is 21.3. The summed E-state index contributed by atoms with van der Waals surface area (Å²) in [5.41, 5.74) is 0.482. The first-order valence-corrected chi connectivity index (χ1v) is 13.6. The largest absolute Gasteiger partial charge is 0.388 e. The van der Waals surface area contributed by atoms with Gasteiger partial charge in [0.2, 0.25) is 10.7 Å². The Hall–Kier alpha value is -1.00. The zero-order chi connectivity index (χ0) is 20.0. The molecular weight excluding hydrogens is 455 g/mol. The fourth-order valence-electron chi connectivity index (χ4n) is 2.27. The number of benzene rings is 1. The van der Waals surface area contributed by atoms with Crippen LogP contribution in [0.2, 0.25) is 30.7 Å². The van der Waals surface area contributed by atoms with E-state index in [9.17, 15) is 9.50 Å². The lowest BCUT2D eigenvalue weighted by Crippen LogP contribution is -2.22. The first-order valence-electron chi connectivity index (χ1n) is 8.71. The van der Waals surface area contributed by atoms with Crippen molar-refractivity contribution in [2.75, 3.05) is 18.5 Å². The lowest BCUT2D eigenvalue weighted by Gasteiger charge is -2.16. The van der Waals surface area contributed by atoms with Crippen LogP contribution in [0.25, 0.3) is 0 Å². The van der Waals surface area contributed by atoms with Crippen LogP contribution >= 0.6 is 27.5 Å². The minimum Gasteiger partial charge on any atom is -0.388 e. The Morgan fingerprint density at radius 1 is 1.41 bits per heavy atom. The predicted octanol–water partition coefficient (Wildman–Crippen LogP) is 4.68. The molecule has 0 aliphatic rings. The van der Waals surface area contributed by atoms with E-state index in [1.54, 1.807) is 10.7 Å². The minimum atomic E-state index is -1.14. The van der Waals surface area contributed by atoms with Crippen molar-refractivity contribution in [3.63, 3.8) is 0 Å². The third-order valence-corrected chi connectivity index (χ3v) is 6.23. The van der Waals surface area contributed by atoms with Gasteiger partial charge >= 0.3 is 0 Å². The molecule has 0 aliphatic heterocycles. The number of halogens is 3. The van der Waals surface area contributed by atoms with Crippen LogP contribution in [0.4, 0.5) is 10.3 Å². The number of rotatable bonds is 10. The van der Waals surface area contributed by atoms with Crippen LogP contribution in [0.1, 0.15) is 18.1 Å². The molecule has 2 aromatic rings. The van der Waals surface area contributed by atoms with E-state index in [2.05, 4.69) is 51.0 Å². The molecule has 0 aliphatic carbocycles. The van der Waals surface area contributed by atoms with E-state index in [4.69, 9.17) is 16.3 Å². The average Bonchev–Trinajstić information content (AvgIpc) is 2.93. The second-order valence-electron chi connectivity index (χ2n) is 7.46. The number of ether oxygens (including phenoxy) is 1. The maximum absolute atomic E-state index is 13.5. The van der Waals surface area contributed by atoms with Crippen LogP contribution in [-0.2, 0) is 11.5 Å². The standard InChI is InChI=1S/C17H25BrClFN4O2Si/c1-27(2,3)9-8-26-11-24-17(22-16(18)23-24)21-7-6-15(25)12-4-5-13(19)14(20)10-12/h4-5,10,15,25H,6-9,11H2,1-3H3,(H,21,22,23). The molecule has 1 atom stereocenters. The van der Waals surface area contributed by atoms with Gasteiger partial charge in [0.1, 0.15) is 12.5 Å². The van der Waals surface area contributed by atoms with Gasteiger partial charge in [-0.05, 0) is 46.1 Å². The van der Waals surface area contributed by atoms with Crippen molar-refractivity contribution in [2.24, 2.45) is 0 Å². The lowest BCUT2D eigenvalue weighted by atomic mass is 10.1. The van der Waals surface area contributed by atoms with Gasteiger partial charge in [0.15, 0.2) is 0 Å². The van der Waals surface area contributed by atoms with E-state index < -0.39 is 20.0 Å². The number of hydrogen-bond donors (Lipinski definition) is 2. The number of hydrogen-bond acceptors (Lipinski definition) is 5. The highest BCUT2D eigenvalue weighted by Crippen LogP contribution is 2.22. The third-order valence-electron chi connectivity index (χ3n) is 3.89. The molecule has 27 heavy (non-hydrogen) atoms. The fraction of sp³-hybridized carbons (Fsp3) is 0.529. The summed E-state index contributed by atoms with van der Waals surface area (Å²) in [7, 11) is -1.14. The smallest absolute Gasteiger partial charge is 0.224 e. The van der Waals surface area contributed by atoms with Crippen molar-refractivity contribution >= 4 is 41.6 Å². The Bertz CT molecular complexity index is 757. The quantitative estimate of drug-likeness (QED) is 0.382. The Morgan fingerprint density at radius 3 is 2.81 bits per heavy atom. The molecule has 150 valence electrons. The van der Waals surface area contributed by atoms with E-state index in [0.29, 0.717) is 42.5 Å². The molecule has 1 aromatic heterocycles. The van der Waals surface area contributed by atoms with Gasteiger partial charge in [-0.15, -0.1) is 5.10 Å². The molecule has 2 rings (SSSR count). The van der Waals surface area contributed by atoms with Crippen molar-refractivity contribution in [1.29, 1.82) is 0 Å². The Labute approximate surface area is 173 Å². The molecule has 6 nitrogen and oxygen atoms in total. The second kappa shape index (κ2) is 9.97. The van der Waals surface area contributed by atoms with Crippen molar-refractivity contribution in [3.05, 3.63) is 39.3 Å². The predicted molar refractivity (Wildman–Crippen MR) is 111 cm³/mol. The molecular formula is C17H25BrClFN4O2Si. The highest BCUT2D eigenvalue weighted by atomic mass is 79.9. The van der Waals surface area contributed by atoms with Gasteiger partial charge in [-0.25, -0.2) is 9.07 Å². The number of aliphatic hydroxyl groups excluding tert-OH is 1. The van der Waals surface area contributed by atoms with Crippen molar-refractivity contribution in [3.8, 4) is 0 Å². The summed E-state index contributed by atoms with van der Waals surface area (Å²) in [4.78, 5) is 4.26. The normalized spacial score (nSPS) is 13.0. The molecule has 0 bridgehead atoms. The van der Waals surface area contributed by atoms with Crippen LogP contribution in [-0.4, -0.2) is 41.1 Å². The summed E-state index contributed by atoms with van der Waals surface area (Å²) in [6.07, 6.45) is -0.431. The molecule has 0 saturated heterocycles. The SMILES string of the molecule is C[Si](C)(C)CCOCn1nc(Br)nc1NCCC(O)c1ccc(Cl)c(F)c1. The summed E-state index contributed by atoms with van der Waals surface area (Å²) in [6.45, 7) is 8.32. The van der Waals surface area contributed by atoms with Crippen LogP contribution in [0.3, 0.4) is 0 Å². The molecule has 0 fully saturated rings. The molecule has 10 heteroatoms. The van der Waals surface area contributed by atoms with E-state index in [1.165, 1.54) is 12.1 Å². The molecule has 1 unspecified atom stereocenters. The number of aromatic nitrogens is 3. The third kappa shape index (κ3) is 7.50. The first-order chi connectivity index (χ1) is 12.7. The summed E-state index contributed by atoms with van der Waals surface area (Å²) in [6, 6.07) is 5.38. The van der Waals surface area contributed by atoms with Gasteiger partial charge in [-0.1, -0.05) is 37.3 Å². The zero-order valence-corrected chi connectivity index (χ0v) is 19.0. The van der Waals surface area contributed by atoms with Gasteiger partial charge in [0.05, 0.1) is 11.1 Å². The molecule has 0 amide bonds. The van der Waals surface area contributed by atoms with E-state index in [1.807, 2.05) is 0 Å². The number of aliphatic hydroxyl groups is 1. The maximum Gasteiger partial charge on any atom is 0.224 e. The van der Waals surface area contributed by atoms with E-state index in [0.717, 1.165) is 6.04 Å². The van der Waals surface area contributed by atoms with Gasteiger partial charge in [-0.3, -0.25) is 0 Å². The van der Waals surface area contributed by atoms with Crippen molar-refractivity contribution in [2.45, 2.75) is 44.9 Å². The fourth-order valence-corrected chi connectivity index (χ4v) is 3.51. The molecule has 2 N–H and O–H groups in total. The number of nitrogens with one attached hydrogen (secondary N) is 1. The number of anilines is 1. The lowest BCUT2D eigenvalue weighted by molar-refractivity contribution is 0.0796. The highest BCUT2D eigenvalue weighted by molar-refractivity contribution is 9.10. The average molecular weight is 480 g/mol. The van der Waals surface area contributed by atoms with Gasteiger partial charge in [0, 0.05) is 21.2 Å². The minimum absolute atomic E-state index is 0.0381. The molecule has 0 spiro atoms. The second-order valence-corrected chi connectivity index (χ2v) is 14.2. The monoisotopic (exact) mass is 478 g/mol. The van der Waals surface area contributed by atoms with Crippen LogP contribution in [0.5, 0.6) is 0 Å². The van der Waals surface area contributed by atoms with Crippen LogP contribution < -0.4 is 5.32 Å². The molecule has 0 radical (unpaired) electrons. The summed E-state index contributed by atoms with van der Waals surface area (Å²) in [5, 5.41) is 17.6. The number of nitrogens with zero attached hydrogens (tertiary/aromatic N) is 3. The highest BCUT2D eigenvalue weighted by Gasteiger charge is 2.14. The van der Waals surface area contributed by atoms with Gasteiger partial charge < -0.3 is 15.2 Å². The Balaban J connectivity index is 1.83. The van der Waals surface area contributed by atoms with Crippen molar-refractivity contribution < 1.29 is 14.2 Å². The zero-order valence-electron chi connectivity index (χ0n) is 15.7. The van der Waals surface area contributed by atoms with Gasteiger partial charge in [0.25, 0.3) is 0 Å². The van der Waals surface area contributed by atoms with Crippen molar-refractivity contribution in [1.82, 2.24) is 14.8 Å². The Kier molecular flexibility index (Phi) is 8.23. The topological polar surface area (TPSA) is 72.2 Å². The first kappa shape index (κ1) is 22.3. The van der Waals surface area contributed by atoms with Crippen LogP contribution in [0, 0.1) is 5.82 Å². The Morgan fingerprint density at radius 2 is 2.15 bits per heavy atom. The van der Waals surface area contributed by atoms with Crippen LogP contribution in [0.15, 0.2) is 22.9 Å². The van der Waals surface area contributed by atoms with Gasteiger partial charge in [-0.2, -0.15) is 4.98 Å². The van der Waals surface area contributed by atoms with E-state index >= 15 is 0 Å². The summed E-state index contributed by atoms with van der Waals surface area (Å²) in [5.74, 6) is 0.00433. The summed E-state index contributed by atoms with van der Waals surface area (Å²) >= 11 is 8.93. The maximum atomic E-state index is 13.5. The molecule has 1 aromatic carbocycles. The van der Waals surface area contributed by atoms with E-state index in [-0.39, 0.29) is 5.02 Å².